The highest BCUT2D eigenvalue weighted by atomic mass is 16.5. The summed E-state index contributed by atoms with van der Waals surface area (Å²) in [5.74, 6) is -0.102. The summed E-state index contributed by atoms with van der Waals surface area (Å²) >= 11 is 0. The Morgan fingerprint density at radius 1 is 1.38 bits per heavy atom. The summed E-state index contributed by atoms with van der Waals surface area (Å²) in [7, 11) is 0. The first kappa shape index (κ1) is 18.6. The Hall–Kier alpha value is -2.18. The third-order valence-electron chi connectivity index (χ3n) is 4.51. The lowest BCUT2D eigenvalue weighted by atomic mass is 10.1. The van der Waals surface area contributed by atoms with Gasteiger partial charge in [0.05, 0.1) is 36.6 Å². The molecule has 0 radical (unpaired) electrons. The van der Waals surface area contributed by atoms with Crippen molar-refractivity contribution in [3.63, 3.8) is 0 Å². The van der Waals surface area contributed by atoms with Gasteiger partial charge < -0.3 is 19.4 Å². The Morgan fingerprint density at radius 2 is 2.23 bits per heavy atom. The molecule has 3 rings (SSSR count). The van der Waals surface area contributed by atoms with Crippen molar-refractivity contribution < 1.29 is 14.3 Å². The van der Waals surface area contributed by atoms with Crippen molar-refractivity contribution in [2.45, 2.75) is 51.5 Å². The Bertz CT molecular complexity index is 721. The summed E-state index contributed by atoms with van der Waals surface area (Å²) < 4.78 is 13.6. The Kier molecular flexibility index (Phi) is 5.74. The van der Waals surface area contributed by atoms with E-state index in [9.17, 15) is 4.79 Å². The molecule has 0 aliphatic carbocycles. The van der Waals surface area contributed by atoms with Gasteiger partial charge in [-0.3, -0.25) is 9.78 Å². The molecule has 0 bridgehead atoms. The minimum atomic E-state index is -0.169. The monoisotopic (exact) mass is 357 g/mol. The molecule has 1 aliphatic heterocycles. The molecular weight excluding hydrogens is 330 g/mol. The van der Waals surface area contributed by atoms with Crippen LogP contribution in [-0.4, -0.2) is 40.8 Å². The second-order valence-electron chi connectivity index (χ2n) is 7.59. The van der Waals surface area contributed by atoms with Gasteiger partial charge in [0.25, 0.3) is 5.91 Å². The molecule has 2 aromatic heterocycles. The van der Waals surface area contributed by atoms with Gasteiger partial charge >= 0.3 is 0 Å². The van der Waals surface area contributed by atoms with Crippen LogP contribution in [0.3, 0.4) is 0 Å². The quantitative estimate of drug-likeness (QED) is 0.894. The number of nitrogens with zero attached hydrogens (tertiary/aromatic N) is 2. The van der Waals surface area contributed by atoms with Crippen molar-refractivity contribution in [1.29, 1.82) is 0 Å². The molecule has 1 N–H and O–H groups in total. The molecule has 26 heavy (non-hydrogen) atoms. The van der Waals surface area contributed by atoms with Crippen LogP contribution in [0.4, 0.5) is 0 Å². The Balaban J connectivity index is 1.60. The number of aromatic nitrogens is 2. The van der Waals surface area contributed by atoms with E-state index >= 15 is 0 Å². The number of hydrogen-bond donors (Lipinski definition) is 1. The highest BCUT2D eigenvalue weighted by Crippen LogP contribution is 2.17. The molecule has 1 aliphatic rings. The number of ether oxygens (including phenoxy) is 2. The average molecular weight is 357 g/mol. The van der Waals surface area contributed by atoms with Gasteiger partial charge in [-0.25, -0.2) is 0 Å². The lowest BCUT2D eigenvalue weighted by Gasteiger charge is -2.32. The molecule has 1 saturated heterocycles. The number of rotatable bonds is 5. The zero-order valence-electron chi connectivity index (χ0n) is 15.6. The fourth-order valence-electron chi connectivity index (χ4n) is 2.93. The number of carbonyl (C=O) groups is 1. The van der Waals surface area contributed by atoms with Gasteiger partial charge in [-0.1, -0.05) is 6.07 Å². The lowest BCUT2D eigenvalue weighted by Crippen LogP contribution is -2.50. The van der Waals surface area contributed by atoms with Crippen LogP contribution in [0.5, 0.6) is 0 Å². The van der Waals surface area contributed by atoms with E-state index in [4.69, 9.17) is 9.47 Å². The van der Waals surface area contributed by atoms with Gasteiger partial charge in [0, 0.05) is 30.7 Å². The fourth-order valence-corrected chi connectivity index (χ4v) is 2.93. The molecule has 6 nitrogen and oxygen atoms in total. The molecule has 0 aromatic carbocycles. The molecule has 2 atom stereocenters. The van der Waals surface area contributed by atoms with Crippen LogP contribution in [-0.2, 0) is 21.6 Å². The zero-order valence-corrected chi connectivity index (χ0v) is 15.6. The third-order valence-corrected chi connectivity index (χ3v) is 4.51. The third kappa shape index (κ3) is 4.71. The van der Waals surface area contributed by atoms with E-state index in [2.05, 4.69) is 31.1 Å². The normalized spacial score (nSPS) is 20.7. The molecule has 3 heterocycles. The average Bonchev–Trinajstić information content (AvgIpc) is 3.12. The Labute approximate surface area is 154 Å². The van der Waals surface area contributed by atoms with Crippen LogP contribution in [0.2, 0.25) is 0 Å². The molecule has 140 valence electrons. The summed E-state index contributed by atoms with van der Waals surface area (Å²) in [5, 5.41) is 3.06. The van der Waals surface area contributed by atoms with Crippen LogP contribution in [0.25, 0.3) is 0 Å². The standard InChI is InChI=1S/C20H27N3O3/c1-20(2,3)23-10-7-15(12-23)19(24)22-17-14-25-11-8-18(17)26-13-16-6-4-5-9-21-16/h4-7,9-10,12,17-18H,8,11,13-14H2,1-3H3,(H,22,24)/t17-,18-/m1/s1. The molecule has 0 saturated carbocycles. The van der Waals surface area contributed by atoms with Gasteiger partial charge in [0.2, 0.25) is 0 Å². The molecule has 2 aromatic rings. The number of carbonyl (C=O) groups excluding carboxylic acids is 1. The summed E-state index contributed by atoms with van der Waals surface area (Å²) in [6.07, 6.45) is 6.23. The summed E-state index contributed by atoms with van der Waals surface area (Å²) in [4.78, 5) is 16.9. The van der Waals surface area contributed by atoms with Crippen molar-refractivity contribution in [1.82, 2.24) is 14.9 Å². The topological polar surface area (TPSA) is 65.4 Å². The first-order valence-corrected chi connectivity index (χ1v) is 9.02. The predicted molar refractivity (Wildman–Crippen MR) is 98.9 cm³/mol. The van der Waals surface area contributed by atoms with E-state index < -0.39 is 0 Å². The molecular formula is C20H27N3O3. The molecule has 0 unspecified atom stereocenters. The van der Waals surface area contributed by atoms with Crippen molar-refractivity contribution in [3.05, 3.63) is 54.1 Å². The second kappa shape index (κ2) is 8.01. The van der Waals surface area contributed by atoms with Crippen molar-refractivity contribution in [2.24, 2.45) is 0 Å². The Morgan fingerprint density at radius 3 is 2.92 bits per heavy atom. The summed E-state index contributed by atoms with van der Waals surface area (Å²) in [5.41, 5.74) is 1.47. The van der Waals surface area contributed by atoms with Gasteiger partial charge in [0.1, 0.15) is 0 Å². The first-order valence-electron chi connectivity index (χ1n) is 9.02. The maximum absolute atomic E-state index is 12.6. The van der Waals surface area contributed by atoms with Crippen molar-refractivity contribution in [2.75, 3.05) is 13.2 Å². The first-order chi connectivity index (χ1) is 12.4. The number of nitrogens with one attached hydrogen (secondary N) is 1. The van der Waals surface area contributed by atoms with Gasteiger partial charge in [-0.2, -0.15) is 0 Å². The number of amides is 1. The minimum absolute atomic E-state index is 0.0548. The van der Waals surface area contributed by atoms with E-state index in [1.807, 2.05) is 41.2 Å². The van der Waals surface area contributed by atoms with Crippen LogP contribution in [0, 0.1) is 0 Å². The van der Waals surface area contributed by atoms with Crippen molar-refractivity contribution in [3.8, 4) is 0 Å². The number of hydrogen-bond acceptors (Lipinski definition) is 4. The second-order valence-corrected chi connectivity index (χ2v) is 7.59. The summed E-state index contributed by atoms with van der Waals surface area (Å²) in [6, 6.07) is 7.42. The van der Waals surface area contributed by atoms with E-state index in [0.29, 0.717) is 25.4 Å². The predicted octanol–water partition coefficient (Wildman–Crippen LogP) is 2.74. The zero-order chi connectivity index (χ0) is 18.6. The van der Waals surface area contributed by atoms with Crippen LogP contribution in [0.1, 0.15) is 43.2 Å². The van der Waals surface area contributed by atoms with Gasteiger partial charge in [-0.05, 0) is 45.4 Å². The molecule has 6 heteroatoms. The fraction of sp³-hybridized carbons (Fsp3) is 0.500. The minimum Gasteiger partial charge on any atom is -0.379 e. The smallest absolute Gasteiger partial charge is 0.253 e. The van der Waals surface area contributed by atoms with Crippen LogP contribution < -0.4 is 5.32 Å². The van der Waals surface area contributed by atoms with Crippen LogP contribution >= 0.6 is 0 Å². The van der Waals surface area contributed by atoms with E-state index in [1.165, 1.54) is 0 Å². The largest absolute Gasteiger partial charge is 0.379 e. The van der Waals surface area contributed by atoms with E-state index in [1.54, 1.807) is 6.20 Å². The molecule has 1 fully saturated rings. The molecule has 1 amide bonds. The van der Waals surface area contributed by atoms with Crippen molar-refractivity contribution >= 4 is 5.91 Å². The summed E-state index contributed by atoms with van der Waals surface area (Å²) in [6.45, 7) is 7.83. The lowest BCUT2D eigenvalue weighted by molar-refractivity contribution is -0.0612. The van der Waals surface area contributed by atoms with E-state index in [-0.39, 0.29) is 23.6 Å². The van der Waals surface area contributed by atoms with Gasteiger partial charge in [0.15, 0.2) is 0 Å². The van der Waals surface area contributed by atoms with Gasteiger partial charge in [-0.15, -0.1) is 0 Å². The maximum atomic E-state index is 12.6. The van der Waals surface area contributed by atoms with Crippen LogP contribution in [0.15, 0.2) is 42.9 Å². The molecule has 0 spiro atoms. The highest BCUT2D eigenvalue weighted by molar-refractivity contribution is 5.94. The maximum Gasteiger partial charge on any atom is 0.253 e. The SMILES string of the molecule is CC(C)(C)n1ccc(C(=O)N[C@@H]2COCC[C@H]2OCc2ccccn2)c1. The van der Waals surface area contributed by atoms with E-state index in [0.717, 1.165) is 12.1 Å². The highest BCUT2D eigenvalue weighted by Gasteiger charge is 2.29. The number of pyridine rings is 1.